The van der Waals surface area contributed by atoms with Crippen LogP contribution in [0.25, 0.3) is 0 Å². The maximum Gasteiger partial charge on any atom is 0.321 e. The minimum atomic E-state index is -1.29. The molecule has 2 aromatic rings. The minimum Gasteiger partial charge on any atom is -0.465 e. The summed E-state index contributed by atoms with van der Waals surface area (Å²) in [6.45, 7) is 5.51. The number of carbonyl (C=O) groups is 2. The van der Waals surface area contributed by atoms with Gasteiger partial charge in [0, 0.05) is 28.9 Å². The zero-order chi connectivity index (χ0) is 22.1. The Bertz CT molecular complexity index is 909. The molecule has 0 aliphatic carbocycles. The Morgan fingerprint density at radius 1 is 1.07 bits per heavy atom. The first-order valence-corrected chi connectivity index (χ1v) is 10.4. The quantitative estimate of drug-likeness (QED) is 0.264. The summed E-state index contributed by atoms with van der Waals surface area (Å²) in [4.78, 5) is 25.6. The molecule has 0 saturated heterocycles. The average Bonchev–Trinajstić information content (AvgIpc) is 2.76. The number of nitrogens with one attached hydrogen (secondary N) is 2. The van der Waals surface area contributed by atoms with E-state index in [0.29, 0.717) is 23.6 Å². The highest BCUT2D eigenvalue weighted by Gasteiger charge is 2.44. The molecular weight excluding hydrogens is 402 g/mol. The molecule has 30 heavy (non-hydrogen) atoms. The molecule has 2 aromatic carbocycles. The van der Waals surface area contributed by atoms with Gasteiger partial charge < -0.3 is 10.1 Å². The van der Waals surface area contributed by atoms with E-state index in [2.05, 4.69) is 15.8 Å². The summed E-state index contributed by atoms with van der Waals surface area (Å²) in [5.74, 6) is -1.03. The van der Waals surface area contributed by atoms with Gasteiger partial charge in [0.05, 0.1) is 12.3 Å². The number of rotatable bonds is 9. The van der Waals surface area contributed by atoms with Crippen LogP contribution in [0.3, 0.4) is 0 Å². The molecule has 0 unspecified atom stereocenters. The zero-order valence-electron chi connectivity index (χ0n) is 17.8. The van der Waals surface area contributed by atoms with Gasteiger partial charge in [0.1, 0.15) is 5.41 Å². The maximum absolute atomic E-state index is 13.1. The number of esters is 1. The summed E-state index contributed by atoms with van der Waals surface area (Å²) in [7, 11) is 1.80. The summed E-state index contributed by atoms with van der Waals surface area (Å²) < 4.78 is 5.16. The summed E-state index contributed by atoms with van der Waals surface area (Å²) in [6, 6.07) is 14.9. The number of halogens is 1. The average molecular weight is 430 g/mol. The highest BCUT2D eigenvalue weighted by atomic mass is 35.5. The van der Waals surface area contributed by atoms with Crippen LogP contribution in [0.15, 0.2) is 53.6 Å². The highest BCUT2D eigenvalue weighted by molar-refractivity contribution is 6.31. The van der Waals surface area contributed by atoms with Gasteiger partial charge in [-0.25, -0.2) is 5.43 Å². The van der Waals surface area contributed by atoms with Crippen molar-refractivity contribution >= 4 is 34.9 Å². The Morgan fingerprint density at radius 3 is 2.30 bits per heavy atom. The third-order valence-electron chi connectivity index (χ3n) is 5.13. The van der Waals surface area contributed by atoms with Crippen LogP contribution in [0.4, 0.5) is 5.69 Å². The lowest BCUT2D eigenvalue weighted by molar-refractivity contribution is -0.161. The SMILES string of the molecule is CCOC(=O)C(CC)(CC)C(=O)N/N=C(/c1ccccc1)c1cc(Cl)ccc1NC. The van der Waals surface area contributed by atoms with E-state index < -0.39 is 17.3 Å². The molecule has 0 saturated carbocycles. The fourth-order valence-electron chi connectivity index (χ4n) is 3.24. The van der Waals surface area contributed by atoms with Crippen LogP contribution in [0.1, 0.15) is 44.7 Å². The molecule has 160 valence electrons. The van der Waals surface area contributed by atoms with Gasteiger partial charge in [0.15, 0.2) is 0 Å². The lowest BCUT2D eigenvalue weighted by atomic mass is 9.81. The van der Waals surface area contributed by atoms with Crippen LogP contribution in [0.2, 0.25) is 5.02 Å². The smallest absolute Gasteiger partial charge is 0.321 e. The third kappa shape index (κ3) is 5.00. The first kappa shape index (κ1) is 23.4. The van der Waals surface area contributed by atoms with Crippen molar-refractivity contribution in [2.24, 2.45) is 10.5 Å². The van der Waals surface area contributed by atoms with Crippen LogP contribution < -0.4 is 10.7 Å². The van der Waals surface area contributed by atoms with Gasteiger partial charge in [-0.2, -0.15) is 5.10 Å². The van der Waals surface area contributed by atoms with E-state index in [0.717, 1.165) is 16.8 Å². The van der Waals surface area contributed by atoms with Gasteiger partial charge in [-0.3, -0.25) is 9.59 Å². The van der Waals surface area contributed by atoms with Gasteiger partial charge in [0.2, 0.25) is 0 Å². The lowest BCUT2D eigenvalue weighted by Gasteiger charge is -2.26. The molecule has 0 radical (unpaired) electrons. The van der Waals surface area contributed by atoms with Crippen molar-refractivity contribution in [1.29, 1.82) is 0 Å². The lowest BCUT2D eigenvalue weighted by Crippen LogP contribution is -2.45. The minimum absolute atomic E-state index is 0.209. The Balaban J connectivity index is 2.52. The second kappa shape index (κ2) is 10.8. The number of ether oxygens (including phenoxy) is 1. The number of amides is 1. The third-order valence-corrected chi connectivity index (χ3v) is 5.37. The summed E-state index contributed by atoms with van der Waals surface area (Å²) in [5.41, 5.74) is 4.18. The second-order valence-electron chi connectivity index (χ2n) is 6.72. The van der Waals surface area contributed by atoms with Gasteiger partial charge in [-0.05, 0) is 38.0 Å². The molecule has 0 heterocycles. The normalized spacial score (nSPS) is 11.7. The molecule has 2 rings (SSSR count). The number of hydrogen-bond donors (Lipinski definition) is 2. The number of hydrazone groups is 1. The second-order valence-corrected chi connectivity index (χ2v) is 7.15. The van der Waals surface area contributed by atoms with Crippen LogP contribution in [-0.2, 0) is 14.3 Å². The summed E-state index contributed by atoms with van der Waals surface area (Å²) in [6.07, 6.45) is 0.618. The number of hydrogen-bond acceptors (Lipinski definition) is 5. The Labute approximate surface area is 182 Å². The van der Waals surface area contributed by atoms with Crippen LogP contribution >= 0.6 is 11.6 Å². The topological polar surface area (TPSA) is 79.8 Å². The maximum atomic E-state index is 13.1. The van der Waals surface area contributed by atoms with Crippen molar-refractivity contribution in [2.45, 2.75) is 33.6 Å². The van der Waals surface area contributed by atoms with Crippen molar-refractivity contribution in [1.82, 2.24) is 5.43 Å². The Kier molecular flexibility index (Phi) is 8.42. The molecule has 2 N–H and O–H groups in total. The number of anilines is 1. The number of nitrogens with zero attached hydrogens (tertiary/aromatic N) is 1. The highest BCUT2D eigenvalue weighted by Crippen LogP contribution is 2.29. The molecule has 0 bridgehead atoms. The standard InChI is InChI=1S/C23H28ClN3O3/c1-5-23(6-2,22(29)30-7-3)21(28)27-26-20(16-11-9-8-10-12-16)18-15-17(24)13-14-19(18)25-4/h8-15,25H,5-7H2,1-4H3,(H,27,28)/b26-20-. The Hall–Kier alpha value is -2.86. The summed E-state index contributed by atoms with van der Waals surface area (Å²) >= 11 is 6.23. The summed E-state index contributed by atoms with van der Waals surface area (Å²) in [5, 5.41) is 8.09. The first-order chi connectivity index (χ1) is 14.4. The fourth-order valence-corrected chi connectivity index (χ4v) is 3.41. The van der Waals surface area contributed by atoms with Gasteiger partial charge in [-0.1, -0.05) is 55.8 Å². The van der Waals surface area contributed by atoms with Crippen molar-refractivity contribution in [3.63, 3.8) is 0 Å². The molecule has 0 fully saturated rings. The molecule has 0 aliphatic rings. The van der Waals surface area contributed by atoms with Crippen LogP contribution in [0.5, 0.6) is 0 Å². The van der Waals surface area contributed by atoms with Crippen molar-refractivity contribution in [3.05, 3.63) is 64.7 Å². The molecule has 0 spiro atoms. The monoisotopic (exact) mass is 429 g/mol. The molecule has 1 amide bonds. The molecule has 6 nitrogen and oxygen atoms in total. The van der Waals surface area contributed by atoms with Crippen molar-refractivity contribution in [3.8, 4) is 0 Å². The van der Waals surface area contributed by atoms with Crippen molar-refractivity contribution < 1.29 is 14.3 Å². The van der Waals surface area contributed by atoms with E-state index in [1.54, 1.807) is 40.0 Å². The van der Waals surface area contributed by atoms with Gasteiger partial charge in [0.25, 0.3) is 5.91 Å². The largest absolute Gasteiger partial charge is 0.465 e. The van der Waals surface area contributed by atoms with E-state index in [-0.39, 0.29) is 6.61 Å². The fraction of sp³-hybridized carbons (Fsp3) is 0.348. The van der Waals surface area contributed by atoms with E-state index >= 15 is 0 Å². The van der Waals surface area contributed by atoms with Crippen LogP contribution in [0, 0.1) is 5.41 Å². The molecule has 0 aromatic heterocycles. The first-order valence-electron chi connectivity index (χ1n) is 10.0. The van der Waals surface area contributed by atoms with E-state index in [1.165, 1.54) is 0 Å². The zero-order valence-corrected chi connectivity index (χ0v) is 18.5. The van der Waals surface area contributed by atoms with E-state index in [4.69, 9.17) is 16.3 Å². The van der Waals surface area contributed by atoms with Crippen LogP contribution in [-0.4, -0.2) is 31.2 Å². The van der Waals surface area contributed by atoms with Gasteiger partial charge >= 0.3 is 5.97 Å². The predicted molar refractivity (Wildman–Crippen MR) is 121 cm³/mol. The molecule has 0 atom stereocenters. The number of carbonyl (C=O) groups excluding carboxylic acids is 2. The molecule has 7 heteroatoms. The van der Waals surface area contributed by atoms with Gasteiger partial charge in [-0.15, -0.1) is 0 Å². The van der Waals surface area contributed by atoms with E-state index in [1.807, 2.05) is 36.4 Å². The Morgan fingerprint density at radius 2 is 1.73 bits per heavy atom. The molecular formula is C23H28ClN3O3. The van der Waals surface area contributed by atoms with Crippen molar-refractivity contribution in [2.75, 3.05) is 19.0 Å². The number of benzene rings is 2. The van der Waals surface area contributed by atoms with E-state index in [9.17, 15) is 9.59 Å². The predicted octanol–water partition coefficient (Wildman–Crippen LogP) is 4.62. The molecule has 0 aliphatic heterocycles.